The first-order valence-electron chi connectivity index (χ1n) is 12.1. The number of anilines is 1. The highest BCUT2D eigenvalue weighted by molar-refractivity contribution is 5.99. The minimum atomic E-state index is -0.174. The second-order valence-electron chi connectivity index (χ2n) is 9.28. The average molecular weight is 484 g/mol. The molecule has 0 bridgehead atoms. The summed E-state index contributed by atoms with van der Waals surface area (Å²) in [4.78, 5) is 37.8. The quantitative estimate of drug-likeness (QED) is 0.674. The first kappa shape index (κ1) is 26.6. The molecule has 0 unspecified atom stereocenters. The van der Waals surface area contributed by atoms with E-state index in [9.17, 15) is 9.59 Å². The number of hydrogen-bond acceptors (Lipinski definition) is 7. The van der Waals surface area contributed by atoms with Crippen LogP contribution in [0.3, 0.4) is 0 Å². The number of rotatable bonds is 6. The fraction of sp³-hybridized carbons (Fsp3) is 0.538. The summed E-state index contributed by atoms with van der Waals surface area (Å²) in [6, 6.07) is 5.28. The van der Waals surface area contributed by atoms with Gasteiger partial charge in [-0.15, -0.1) is 0 Å². The lowest BCUT2D eigenvalue weighted by molar-refractivity contribution is -0.116. The predicted octanol–water partition coefficient (Wildman–Crippen LogP) is 3.22. The van der Waals surface area contributed by atoms with E-state index in [2.05, 4.69) is 34.0 Å². The van der Waals surface area contributed by atoms with E-state index in [0.29, 0.717) is 43.1 Å². The molecular formula is C26H37N5O4. The van der Waals surface area contributed by atoms with E-state index in [0.717, 1.165) is 18.5 Å². The van der Waals surface area contributed by atoms with Crippen molar-refractivity contribution in [1.29, 1.82) is 0 Å². The van der Waals surface area contributed by atoms with Crippen molar-refractivity contribution in [1.82, 2.24) is 19.8 Å². The zero-order valence-electron chi connectivity index (χ0n) is 21.4. The first-order chi connectivity index (χ1) is 16.8. The minimum Gasteiger partial charge on any atom is -0.491 e. The summed E-state index contributed by atoms with van der Waals surface area (Å²) in [7, 11) is 3.45. The molecule has 0 saturated carbocycles. The molecule has 1 aliphatic rings. The van der Waals surface area contributed by atoms with Crippen LogP contribution in [0.25, 0.3) is 0 Å². The number of carbonyl (C=O) groups excluding carboxylic acids is 2. The molecule has 9 nitrogen and oxygen atoms in total. The van der Waals surface area contributed by atoms with Crippen LogP contribution in [0.15, 0.2) is 36.9 Å². The maximum Gasteiger partial charge on any atom is 0.257 e. The van der Waals surface area contributed by atoms with Crippen LogP contribution in [0, 0.1) is 5.92 Å². The van der Waals surface area contributed by atoms with Gasteiger partial charge in [0.1, 0.15) is 18.7 Å². The van der Waals surface area contributed by atoms with Crippen LogP contribution < -0.4 is 10.1 Å². The Balaban J connectivity index is 1.92. The number of nitrogens with one attached hydrogen (secondary N) is 1. The van der Waals surface area contributed by atoms with Gasteiger partial charge in [-0.1, -0.05) is 13.8 Å². The van der Waals surface area contributed by atoms with Gasteiger partial charge in [0.2, 0.25) is 5.91 Å². The zero-order valence-corrected chi connectivity index (χ0v) is 21.4. The fourth-order valence-corrected chi connectivity index (χ4v) is 4.25. The Morgan fingerprint density at radius 1 is 1.23 bits per heavy atom. The lowest BCUT2D eigenvalue weighted by Gasteiger charge is -2.36. The number of ether oxygens (including phenoxy) is 2. The van der Waals surface area contributed by atoms with Gasteiger partial charge in [-0.2, -0.15) is 0 Å². The molecule has 3 rings (SSSR count). The lowest BCUT2D eigenvalue weighted by Crippen LogP contribution is -2.46. The number of fused-ring (bicyclic) bond motifs is 1. The molecule has 35 heavy (non-hydrogen) atoms. The number of nitrogens with zero attached hydrogens (tertiary/aromatic N) is 4. The van der Waals surface area contributed by atoms with Crippen LogP contribution in [0.1, 0.15) is 49.5 Å². The van der Waals surface area contributed by atoms with Crippen LogP contribution in [0.5, 0.6) is 5.75 Å². The molecule has 3 atom stereocenters. The summed E-state index contributed by atoms with van der Waals surface area (Å²) in [6.07, 6.45) is 6.20. The largest absolute Gasteiger partial charge is 0.491 e. The summed E-state index contributed by atoms with van der Waals surface area (Å²) in [6.45, 7) is 8.45. The van der Waals surface area contributed by atoms with E-state index in [-0.39, 0.29) is 29.9 Å². The van der Waals surface area contributed by atoms with Gasteiger partial charge in [0.25, 0.3) is 5.91 Å². The van der Waals surface area contributed by atoms with Crippen molar-refractivity contribution in [2.45, 2.75) is 52.3 Å². The van der Waals surface area contributed by atoms with Crippen molar-refractivity contribution in [3.8, 4) is 5.75 Å². The van der Waals surface area contributed by atoms with Crippen molar-refractivity contribution in [3.63, 3.8) is 0 Å². The van der Waals surface area contributed by atoms with E-state index in [4.69, 9.17) is 9.47 Å². The Morgan fingerprint density at radius 2 is 1.97 bits per heavy atom. The van der Waals surface area contributed by atoms with E-state index < -0.39 is 0 Å². The monoisotopic (exact) mass is 483 g/mol. The van der Waals surface area contributed by atoms with Crippen molar-refractivity contribution in [2.24, 2.45) is 5.92 Å². The number of benzene rings is 1. The highest BCUT2D eigenvalue weighted by Gasteiger charge is 2.28. The van der Waals surface area contributed by atoms with Gasteiger partial charge in [-0.05, 0) is 37.5 Å². The lowest BCUT2D eigenvalue weighted by atomic mass is 10.0. The normalized spacial score (nSPS) is 21.9. The summed E-state index contributed by atoms with van der Waals surface area (Å²) in [5.41, 5.74) is 2.02. The molecule has 190 valence electrons. The molecule has 0 fully saturated rings. The van der Waals surface area contributed by atoms with Crippen LogP contribution in [0.2, 0.25) is 0 Å². The average Bonchev–Trinajstić information content (AvgIpc) is 2.85. The fourth-order valence-electron chi connectivity index (χ4n) is 4.25. The molecule has 1 aromatic heterocycles. The summed E-state index contributed by atoms with van der Waals surface area (Å²) in [5.74, 6) is 0.394. The van der Waals surface area contributed by atoms with Gasteiger partial charge < -0.3 is 19.7 Å². The van der Waals surface area contributed by atoms with Crippen LogP contribution in [0.4, 0.5) is 5.69 Å². The van der Waals surface area contributed by atoms with Crippen LogP contribution >= 0.6 is 0 Å². The topological polar surface area (TPSA) is 96.9 Å². The molecular weight excluding hydrogens is 446 g/mol. The molecule has 0 radical (unpaired) electrons. The van der Waals surface area contributed by atoms with Crippen LogP contribution in [-0.2, 0) is 16.1 Å². The second kappa shape index (κ2) is 12.6. The molecule has 9 heteroatoms. The number of amides is 2. The Morgan fingerprint density at radius 3 is 2.66 bits per heavy atom. The Bertz CT molecular complexity index is 987. The summed E-state index contributed by atoms with van der Waals surface area (Å²) in [5, 5.41) is 2.87. The highest BCUT2D eigenvalue weighted by Crippen LogP contribution is 2.27. The molecule has 0 saturated heterocycles. The second-order valence-corrected chi connectivity index (χ2v) is 9.28. The number of methoxy groups -OCH3 is 1. The maximum absolute atomic E-state index is 13.4. The van der Waals surface area contributed by atoms with Crippen LogP contribution in [-0.4, -0.2) is 77.6 Å². The molecule has 0 spiro atoms. The number of aromatic nitrogens is 2. The van der Waals surface area contributed by atoms with Crippen molar-refractivity contribution < 1.29 is 19.1 Å². The number of carbonyl (C=O) groups is 2. The van der Waals surface area contributed by atoms with Crippen molar-refractivity contribution >= 4 is 17.5 Å². The van der Waals surface area contributed by atoms with Crippen molar-refractivity contribution in [3.05, 3.63) is 48.0 Å². The maximum atomic E-state index is 13.4. The Kier molecular flexibility index (Phi) is 9.56. The molecule has 1 N–H and O–H groups in total. The van der Waals surface area contributed by atoms with Gasteiger partial charge in [-0.3, -0.25) is 14.5 Å². The Hall–Kier alpha value is -3.04. The third-order valence-corrected chi connectivity index (χ3v) is 6.33. The SMILES string of the molecule is CCCC(=O)Nc1ccc2c(c1)C(=O)N(C)C[C@@H](OC)[C@@H](C)CN(Cc1cncnc1)[C@@H](C)CO2. The van der Waals surface area contributed by atoms with E-state index in [1.165, 1.54) is 6.33 Å². The van der Waals surface area contributed by atoms with E-state index >= 15 is 0 Å². The minimum absolute atomic E-state index is 0.0548. The third-order valence-electron chi connectivity index (χ3n) is 6.33. The van der Waals surface area contributed by atoms with Gasteiger partial charge in [0.05, 0.1) is 11.7 Å². The molecule has 2 aromatic rings. The molecule has 0 aliphatic carbocycles. The van der Waals surface area contributed by atoms with Gasteiger partial charge in [-0.25, -0.2) is 9.97 Å². The Labute approximate surface area is 207 Å². The van der Waals surface area contributed by atoms with Gasteiger partial charge in [0.15, 0.2) is 0 Å². The smallest absolute Gasteiger partial charge is 0.257 e. The number of hydrogen-bond donors (Lipinski definition) is 1. The molecule has 1 aromatic carbocycles. The van der Waals surface area contributed by atoms with Gasteiger partial charge >= 0.3 is 0 Å². The highest BCUT2D eigenvalue weighted by atomic mass is 16.5. The summed E-state index contributed by atoms with van der Waals surface area (Å²) >= 11 is 0. The van der Waals surface area contributed by atoms with Crippen molar-refractivity contribution in [2.75, 3.05) is 39.2 Å². The van der Waals surface area contributed by atoms with E-state index in [1.807, 2.05) is 19.3 Å². The standard InChI is InChI=1S/C26H37N5O4/c1-6-7-25(32)29-21-8-9-23-22(10-21)26(33)30(4)15-24(34-5)18(2)13-31(19(3)16-35-23)14-20-11-27-17-28-12-20/h8-12,17-19,24H,6-7,13-16H2,1-5H3,(H,29,32)/t18-,19-,24+/m0/s1. The predicted molar refractivity (Wildman–Crippen MR) is 134 cm³/mol. The first-order valence-corrected chi connectivity index (χ1v) is 12.1. The zero-order chi connectivity index (χ0) is 25.4. The summed E-state index contributed by atoms with van der Waals surface area (Å²) < 4.78 is 12.0. The molecule has 2 amide bonds. The number of likely N-dealkylation sites (N-methyl/N-ethyl adjacent to an activating group) is 1. The third kappa shape index (κ3) is 7.22. The molecule has 1 aliphatic heterocycles. The van der Waals surface area contributed by atoms with Gasteiger partial charge in [0, 0.05) is 69.9 Å². The molecule has 2 heterocycles. The van der Waals surface area contributed by atoms with E-state index in [1.54, 1.807) is 37.3 Å².